The number of rotatable bonds is 1. The average Bonchev–Trinajstić information content (AvgIpc) is 2.36. The van der Waals surface area contributed by atoms with Crippen LogP contribution in [0.3, 0.4) is 0 Å². The van der Waals surface area contributed by atoms with E-state index < -0.39 is 23.8 Å². The van der Waals surface area contributed by atoms with Crippen LogP contribution in [0.2, 0.25) is 0 Å². The molecular formula is C10H13NaO4. The van der Waals surface area contributed by atoms with Crippen LogP contribution in [0.15, 0.2) is 12.2 Å². The van der Waals surface area contributed by atoms with Gasteiger partial charge in [-0.25, -0.2) is 0 Å². The van der Waals surface area contributed by atoms with Gasteiger partial charge in [0.15, 0.2) is 5.79 Å². The fourth-order valence-electron chi connectivity index (χ4n) is 2.03. The van der Waals surface area contributed by atoms with Crippen molar-refractivity contribution in [2.75, 3.05) is 0 Å². The van der Waals surface area contributed by atoms with Crippen molar-refractivity contribution in [3.8, 4) is 0 Å². The van der Waals surface area contributed by atoms with E-state index in [1.165, 1.54) is 0 Å². The Balaban J connectivity index is 0.00000112. The van der Waals surface area contributed by atoms with E-state index in [-0.39, 0.29) is 35.7 Å². The van der Waals surface area contributed by atoms with Crippen molar-refractivity contribution >= 4 is 5.97 Å². The van der Waals surface area contributed by atoms with Gasteiger partial charge in [0, 0.05) is 5.92 Å². The molecule has 2 aliphatic rings. The number of carboxylic acids is 1. The number of fused-ring (bicyclic) bond motifs is 1. The van der Waals surface area contributed by atoms with E-state index >= 15 is 0 Å². The Morgan fingerprint density at radius 3 is 2.73 bits per heavy atom. The summed E-state index contributed by atoms with van der Waals surface area (Å²) in [5.74, 6) is -2.47. The minimum absolute atomic E-state index is 0. The molecule has 0 bridgehead atoms. The van der Waals surface area contributed by atoms with E-state index in [0.717, 1.165) is 0 Å². The fourth-order valence-corrected chi connectivity index (χ4v) is 2.03. The normalized spacial score (nSPS) is 36.8. The zero-order chi connectivity index (χ0) is 10.3. The molecule has 0 aromatic heterocycles. The van der Waals surface area contributed by atoms with Gasteiger partial charge in [-0.3, -0.25) is 0 Å². The smallest absolute Gasteiger partial charge is 0.549 e. The molecule has 1 heterocycles. The number of carbonyl (C=O) groups is 1. The Hall–Kier alpha value is 0.130. The van der Waals surface area contributed by atoms with Crippen molar-refractivity contribution in [3.63, 3.8) is 0 Å². The molecule has 3 atom stereocenters. The van der Waals surface area contributed by atoms with Gasteiger partial charge in [0.05, 0.1) is 18.2 Å². The van der Waals surface area contributed by atoms with Crippen LogP contribution in [0.5, 0.6) is 0 Å². The summed E-state index contributed by atoms with van der Waals surface area (Å²) in [6.07, 6.45) is 3.59. The van der Waals surface area contributed by atoms with Gasteiger partial charge in [0.2, 0.25) is 0 Å². The number of aliphatic carboxylic acids is 1. The van der Waals surface area contributed by atoms with E-state index in [1.807, 2.05) is 6.08 Å². The molecule has 0 aromatic rings. The maximum Gasteiger partial charge on any atom is 1.00 e. The third-order valence-electron chi connectivity index (χ3n) is 2.56. The van der Waals surface area contributed by atoms with Crippen molar-refractivity contribution < 1.29 is 48.9 Å². The zero-order valence-corrected chi connectivity index (χ0v) is 11.2. The van der Waals surface area contributed by atoms with Crippen LogP contribution in [-0.4, -0.2) is 24.0 Å². The molecule has 0 amide bonds. The van der Waals surface area contributed by atoms with Crippen molar-refractivity contribution in [2.24, 2.45) is 5.92 Å². The molecule has 1 fully saturated rings. The first-order chi connectivity index (χ1) is 6.49. The van der Waals surface area contributed by atoms with Crippen molar-refractivity contribution in [1.29, 1.82) is 0 Å². The van der Waals surface area contributed by atoms with Gasteiger partial charge in [-0.1, -0.05) is 12.2 Å². The van der Waals surface area contributed by atoms with E-state index in [1.54, 1.807) is 19.9 Å². The molecule has 78 valence electrons. The van der Waals surface area contributed by atoms with Crippen LogP contribution in [0, 0.1) is 5.92 Å². The van der Waals surface area contributed by atoms with Gasteiger partial charge in [-0.05, 0) is 20.3 Å². The molecule has 0 aromatic carbocycles. The van der Waals surface area contributed by atoms with Gasteiger partial charge in [0.1, 0.15) is 0 Å². The van der Waals surface area contributed by atoms with Crippen molar-refractivity contribution in [1.82, 2.24) is 0 Å². The average molecular weight is 220 g/mol. The molecule has 0 spiro atoms. The van der Waals surface area contributed by atoms with Gasteiger partial charge in [0.25, 0.3) is 0 Å². The standard InChI is InChI=1S/C10H14O4.Na/c1-10(2)13-7-5-3-4-6(9(11)12)8(7)14-10;/h3-4,6-8H,5H2,1-2H3,(H,11,12);/q;+1/p-1. The summed E-state index contributed by atoms with van der Waals surface area (Å²) in [7, 11) is 0. The second-order valence-electron chi connectivity index (χ2n) is 4.15. The molecule has 1 saturated heterocycles. The molecule has 0 saturated carbocycles. The van der Waals surface area contributed by atoms with Crippen LogP contribution in [0.4, 0.5) is 0 Å². The summed E-state index contributed by atoms with van der Waals surface area (Å²) < 4.78 is 11.1. The van der Waals surface area contributed by atoms with E-state index in [2.05, 4.69) is 0 Å². The third kappa shape index (κ3) is 2.63. The predicted octanol–water partition coefficient (Wildman–Crippen LogP) is -3.16. The molecule has 3 unspecified atom stereocenters. The number of carbonyl (C=O) groups excluding carboxylic acids is 1. The maximum atomic E-state index is 10.8. The van der Waals surface area contributed by atoms with Gasteiger partial charge in [-0.2, -0.15) is 0 Å². The molecule has 0 radical (unpaired) electrons. The van der Waals surface area contributed by atoms with Crippen LogP contribution >= 0.6 is 0 Å². The Labute approximate surface area is 111 Å². The summed E-state index contributed by atoms with van der Waals surface area (Å²) in [4.78, 5) is 10.8. The van der Waals surface area contributed by atoms with E-state index in [4.69, 9.17) is 9.47 Å². The number of hydrogen-bond acceptors (Lipinski definition) is 4. The molecule has 1 aliphatic heterocycles. The molecule has 2 rings (SSSR count). The van der Waals surface area contributed by atoms with Crippen LogP contribution in [-0.2, 0) is 14.3 Å². The second-order valence-corrected chi connectivity index (χ2v) is 4.15. The first kappa shape index (κ1) is 13.2. The zero-order valence-electron chi connectivity index (χ0n) is 9.23. The van der Waals surface area contributed by atoms with Crippen LogP contribution in [0.1, 0.15) is 20.3 Å². The SMILES string of the molecule is CC1(C)OC2CC=CC(C(=O)[O-])C2O1.[Na+]. The molecule has 5 heteroatoms. The summed E-state index contributed by atoms with van der Waals surface area (Å²) in [6.45, 7) is 3.58. The van der Waals surface area contributed by atoms with Gasteiger partial charge in [-0.15, -0.1) is 0 Å². The number of ether oxygens (including phenoxy) is 2. The Bertz CT molecular complexity index is 287. The van der Waals surface area contributed by atoms with Crippen molar-refractivity contribution in [2.45, 2.75) is 38.3 Å². The van der Waals surface area contributed by atoms with Crippen LogP contribution < -0.4 is 34.7 Å². The largest absolute Gasteiger partial charge is 1.00 e. The number of carboxylic acid groups (broad SMARTS) is 1. The molecule has 4 nitrogen and oxygen atoms in total. The first-order valence-corrected chi connectivity index (χ1v) is 4.73. The first-order valence-electron chi connectivity index (χ1n) is 4.73. The molecule has 15 heavy (non-hydrogen) atoms. The van der Waals surface area contributed by atoms with Crippen molar-refractivity contribution in [3.05, 3.63) is 12.2 Å². The van der Waals surface area contributed by atoms with Crippen LogP contribution in [0.25, 0.3) is 0 Å². The summed E-state index contributed by atoms with van der Waals surface area (Å²) in [5, 5.41) is 10.8. The number of hydrogen-bond donors (Lipinski definition) is 0. The molecule has 1 aliphatic carbocycles. The summed E-state index contributed by atoms with van der Waals surface area (Å²) >= 11 is 0. The monoisotopic (exact) mass is 220 g/mol. The maximum absolute atomic E-state index is 10.8. The van der Waals surface area contributed by atoms with E-state index in [0.29, 0.717) is 6.42 Å². The summed E-state index contributed by atoms with van der Waals surface area (Å²) in [6, 6.07) is 0. The minimum atomic E-state index is -1.10. The van der Waals surface area contributed by atoms with Gasteiger partial charge < -0.3 is 19.4 Å². The second kappa shape index (κ2) is 4.55. The third-order valence-corrected chi connectivity index (χ3v) is 2.56. The minimum Gasteiger partial charge on any atom is -0.549 e. The van der Waals surface area contributed by atoms with Gasteiger partial charge >= 0.3 is 29.6 Å². The molecular weight excluding hydrogens is 207 g/mol. The topological polar surface area (TPSA) is 58.6 Å². The fraction of sp³-hybridized carbons (Fsp3) is 0.700. The predicted molar refractivity (Wildman–Crippen MR) is 46.1 cm³/mol. The summed E-state index contributed by atoms with van der Waals surface area (Å²) in [5.41, 5.74) is 0. The van der Waals surface area contributed by atoms with E-state index in [9.17, 15) is 9.90 Å². The Kier molecular flexibility index (Phi) is 4.01. The Morgan fingerprint density at radius 2 is 2.13 bits per heavy atom. The Morgan fingerprint density at radius 1 is 1.47 bits per heavy atom. The molecule has 0 N–H and O–H groups in total. The quantitative estimate of drug-likeness (QED) is 0.346.